The molecule has 0 aromatic heterocycles. The maximum atomic E-state index is 12.8. The van der Waals surface area contributed by atoms with Crippen molar-refractivity contribution in [3.63, 3.8) is 0 Å². The van der Waals surface area contributed by atoms with E-state index in [0.29, 0.717) is 11.4 Å². The molecule has 0 aliphatic heterocycles. The van der Waals surface area contributed by atoms with E-state index in [0.717, 1.165) is 5.56 Å². The van der Waals surface area contributed by atoms with Gasteiger partial charge in [0, 0.05) is 10.4 Å². The van der Waals surface area contributed by atoms with Gasteiger partial charge in [0.1, 0.15) is 5.82 Å². The summed E-state index contributed by atoms with van der Waals surface area (Å²) in [4.78, 5) is 10.8. The molecule has 1 aromatic carbocycles. The van der Waals surface area contributed by atoms with E-state index in [1.54, 1.807) is 6.07 Å². The lowest BCUT2D eigenvalue weighted by atomic mass is 9.95. The lowest BCUT2D eigenvalue weighted by Crippen LogP contribution is -2.11. The highest BCUT2D eigenvalue weighted by molar-refractivity contribution is 6.31. The van der Waals surface area contributed by atoms with Gasteiger partial charge in [0.25, 0.3) is 0 Å². The van der Waals surface area contributed by atoms with Crippen LogP contribution in [0.2, 0.25) is 5.02 Å². The second-order valence-corrected chi connectivity index (χ2v) is 4.54. The first kappa shape index (κ1) is 10.4. The van der Waals surface area contributed by atoms with E-state index in [4.69, 9.17) is 16.7 Å². The van der Waals surface area contributed by atoms with Crippen LogP contribution in [0.15, 0.2) is 18.2 Å². The fourth-order valence-electron chi connectivity index (χ4n) is 1.98. The molecule has 0 heterocycles. The zero-order chi connectivity index (χ0) is 11.2. The van der Waals surface area contributed by atoms with E-state index in [1.807, 2.05) is 6.92 Å². The third-order valence-corrected chi connectivity index (χ3v) is 3.39. The van der Waals surface area contributed by atoms with E-state index < -0.39 is 23.1 Å². The highest BCUT2D eigenvalue weighted by Gasteiger charge is 2.56. The summed E-state index contributed by atoms with van der Waals surface area (Å²) in [6.45, 7) is 1.84. The van der Waals surface area contributed by atoms with Gasteiger partial charge in [0.05, 0.1) is 5.92 Å². The molecule has 0 saturated heterocycles. The van der Waals surface area contributed by atoms with Gasteiger partial charge in [-0.25, -0.2) is 4.39 Å². The number of rotatable bonds is 2. The molecule has 1 aromatic rings. The number of hydrogen-bond donors (Lipinski definition) is 1. The van der Waals surface area contributed by atoms with Crippen LogP contribution in [0.5, 0.6) is 0 Å². The Morgan fingerprint density at radius 1 is 1.67 bits per heavy atom. The van der Waals surface area contributed by atoms with Gasteiger partial charge in [0.15, 0.2) is 0 Å². The molecule has 1 fully saturated rings. The van der Waals surface area contributed by atoms with Crippen molar-refractivity contribution in [2.75, 3.05) is 0 Å². The average Bonchev–Trinajstić information content (AvgIpc) is 2.78. The van der Waals surface area contributed by atoms with Crippen molar-refractivity contribution in [1.82, 2.24) is 0 Å². The van der Waals surface area contributed by atoms with Gasteiger partial charge in [-0.15, -0.1) is 0 Å². The molecule has 0 bridgehead atoms. The minimum Gasteiger partial charge on any atom is -0.481 e. The molecule has 15 heavy (non-hydrogen) atoms. The van der Waals surface area contributed by atoms with E-state index >= 15 is 0 Å². The Morgan fingerprint density at radius 2 is 2.33 bits per heavy atom. The molecule has 0 radical (unpaired) electrons. The number of benzene rings is 1. The molecule has 1 aliphatic carbocycles. The number of halogens is 2. The van der Waals surface area contributed by atoms with Crippen molar-refractivity contribution in [2.45, 2.75) is 18.8 Å². The molecule has 0 spiro atoms. The molecule has 2 rings (SSSR count). The van der Waals surface area contributed by atoms with Gasteiger partial charge in [-0.1, -0.05) is 24.6 Å². The first-order valence-corrected chi connectivity index (χ1v) is 5.01. The number of carboxylic acids is 1. The molecule has 4 heteroatoms. The second-order valence-electron chi connectivity index (χ2n) is 4.14. The first-order chi connectivity index (χ1) is 6.95. The normalized spacial score (nSPS) is 28.9. The van der Waals surface area contributed by atoms with Crippen molar-refractivity contribution >= 4 is 17.6 Å². The van der Waals surface area contributed by atoms with Gasteiger partial charge in [-0.2, -0.15) is 0 Å². The number of carbonyl (C=O) groups is 1. The summed E-state index contributed by atoms with van der Waals surface area (Å²) in [7, 11) is 0. The van der Waals surface area contributed by atoms with Crippen molar-refractivity contribution < 1.29 is 14.3 Å². The Balaban J connectivity index is 2.36. The monoisotopic (exact) mass is 228 g/mol. The van der Waals surface area contributed by atoms with E-state index in [1.165, 1.54) is 12.1 Å². The summed E-state index contributed by atoms with van der Waals surface area (Å²) >= 11 is 5.89. The molecule has 2 atom stereocenters. The molecule has 0 amide bonds. The van der Waals surface area contributed by atoms with Crippen LogP contribution < -0.4 is 0 Å². The van der Waals surface area contributed by atoms with Crippen LogP contribution in [-0.2, 0) is 10.2 Å². The smallest absolute Gasteiger partial charge is 0.307 e. The highest BCUT2D eigenvalue weighted by Crippen LogP contribution is 2.55. The third-order valence-electron chi connectivity index (χ3n) is 3.08. The van der Waals surface area contributed by atoms with Gasteiger partial charge in [0.2, 0.25) is 0 Å². The number of hydrogen-bond acceptors (Lipinski definition) is 1. The SMILES string of the molecule is C[C@]1(c2ccc(F)cc2Cl)C[C@H]1C(=O)O. The average molecular weight is 229 g/mol. The Labute approximate surface area is 91.7 Å². The van der Waals surface area contributed by atoms with Crippen LogP contribution in [0.25, 0.3) is 0 Å². The largest absolute Gasteiger partial charge is 0.481 e. The predicted molar refractivity (Wildman–Crippen MR) is 54.5 cm³/mol. The summed E-state index contributed by atoms with van der Waals surface area (Å²) in [5, 5.41) is 9.19. The quantitative estimate of drug-likeness (QED) is 0.845. The Morgan fingerprint density at radius 3 is 2.80 bits per heavy atom. The molecule has 1 aliphatic rings. The molecule has 1 N–H and O–H groups in total. The summed E-state index contributed by atoms with van der Waals surface area (Å²) in [6, 6.07) is 4.10. The zero-order valence-electron chi connectivity index (χ0n) is 8.13. The fraction of sp³-hybridized carbons (Fsp3) is 0.364. The van der Waals surface area contributed by atoms with Crippen LogP contribution in [0.1, 0.15) is 18.9 Å². The highest BCUT2D eigenvalue weighted by atomic mass is 35.5. The van der Waals surface area contributed by atoms with Gasteiger partial charge in [-0.05, 0) is 24.1 Å². The van der Waals surface area contributed by atoms with Crippen molar-refractivity contribution in [1.29, 1.82) is 0 Å². The molecular formula is C11H10ClFO2. The van der Waals surface area contributed by atoms with Crippen LogP contribution in [0, 0.1) is 11.7 Å². The van der Waals surface area contributed by atoms with Crippen molar-refractivity contribution in [3.8, 4) is 0 Å². The minimum absolute atomic E-state index is 0.307. The minimum atomic E-state index is -0.821. The maximum Gasteiger partial charge on any atom is 0.307 e. The van der Waals surface area contributed by atoms with E-state index in [-0.39, 0.29) is 0 Å². The summed E-state index contributed by atoms with van der Waals surface area (Å²) in [5.41, 5.74) is 0.286. The maximum absolute atomic E-state index is 12.8. The Bertz CT molecular complexity index is 433. The van der Waals surface area contributed by atoms with Crippen molar-refractivity contribution in [3.05, 3.63) is 34.6 Å². The molecule has 80 valence electrons. The summed E-state index contributed by atoms with van der Waals surface area (Å²) in [5.74, 6) is -1.63. The van der Waals surface area contributed by atoms with Crippen LogP contribution in [0.3, 0.4) is 0 Å². The van der Waals surface area contributed by atoms with Gasteiger partial charge >= 0.3 is 5.97 Å². The summed E-state index contributed by atoms with van der Waals surface area (Å²) in [6.07, 6.45) is 0.563. The predicted octanol–water partition coefficient (Wildman–Crippen LogP) is 2.84. The molecule has 1 saturated carbocycles. The number of aliphatic carboxylic acids is 1. The first-order valence-electron chi connectivity index (χ1n) is 4.63. The lowest BCUT2D eigenvalue weighted by Gasteiger charge is -2.12. The zero-order valence-corrected chi connectivity index (χ0v) is 8.88. The van der Waals surface area contributed by atoms with E-state index in [2.05, 4.69) is 0 Å². The standard InChI is InChI=1S/C11H10ClFO2/c1-11(5-8(11)10(14)15)7-3-2-6(13)4-9(7)12/h2-4,8H,5H2,1H3,(H,14,15)/t8-,11+/m0/s1. The van der Waals surface area contributed by atoms with Gasteiger partial charge < -0.3 is 5.11 Å². The molecule has 2 nitrogen and oxygen atoms in total. The molecular weight excluding hydrogens is 219 g/mol. The third kappa shape index (κ3) is 1.61. The summed E-state index contributed by atoms with van der Waals surface area (Å²) < 4.78 is 12.8. The van der Waals surface area contributed by atoms with Crippen molar-refractivity contribution in [2.24, 2.45) is 5.92 Å². The van der Waals surface area contributed by atoms with Gasteiger partial charge in [-0.3, -0.25) is 4.79 Å². The second kappa shape index (κ2) is 3.20. The van der Waals surface area contributed by atoms with Crippen LogP contribution >= 0.6 is 11.6 Å². The molecule has 0 unspecified atom stereocenters. The Kier molecular flexibility index (Phi) is 2.23. The lowest BCUT2D eigenvalue weighted by molar-refractivity contribution is -0.138. The Hall–Kier alpha value is -1.09. The fourth-order valence-corrected chi connectivity index (χ4v) is 2.36. The topological polar surface area (TPSA) is 37.3 Å². The van der Waals surface area contributed by atoms with Crippen LogP contribution in [-0.4, -0.2) is 11.1 Å². The van der Waals surface area contributed by atoms with E-state index in [9.17, 15) is 9.18 Å². The van der Waals surface area contributed by atoms with Crippen LogP contribution in [0.4, 0.5) is 4.39 Å². The number of carboxylic acid groups (broad SMARTS) is 1.